The minimum atomic E-state index is -5.14. The predicted octanol–water partition coefficient (Wildman–Crippen LogP) is -3.14. The molecule has 0 fully saturated rings. The summed E-state index contributed by atoms with van der Waals surface area (Å²) >= 11 is 0. The number of phosphoric acid groups is 2. The second-order valence-electron chi connectivity index (χ2n) is 3.53. The first-order chi connectivity index (χ1) is 8.87. The van der Waals surface area contributed by atoms with E-state index in [-0.39, 0.29) is 6.29 Å². The minimum absolute atomic E-state index is 0.233. The number of rotatable bonds is 9. The largest absolute Gasteiger partial charge is 0.470 e. The number of carbonyl (C=O) groups is 1. The van der Waals surface area contributed by atoms with E-state index in [1.807, 2.05) is 0 Å². The van der Waals surface area contributed by atoms with Crippen LogP contribution in [0.25, 0.3) is 0 Å². The molecule has 0 aromatic rings. The van der Waals surface area contributed by atoms with E-state index in [0.717, 1.165) is 0 Å². The fraction of sp³-hybridized carbons (Fsp3) is 0.833. The number of aliphatic hydroxyl groups is 3. The summed E-state index contributed by atoms with van der Waals surface area (Å²) in [7, 11) is -10.1. The topological polar surface area (TPSA) is 211 Å². The lowest BCUT2D eigenvalue weighted by atomic mass is 10.0. The van der Waals surface area contributed by atoms with Crippen LogP contribution >= 0.6 is 15.6 Å². The van der Waals surface area contributed by atoms with Crippen LogP contribution in [0.3, 0.4) is 0 Å². The van der Waals surface area contributed by atoms with Crippen molar-refractivity contribution in [2.75, 3.05) is 6.61 Å². The molecule has 0 saturated carbocycles. The van der Waals surface area contributed by atoms with E-state index in [0.29, 0.717) is 0 Å². The average molecular weight is 340 g/mol. The van der Waals surface area contributed by atoms with Crippen LogP contribution in [0.5, 0.6) is 0 Å². The molecule has 0 aliphatic heterocycles. The number of aliphatic hydroxyl groups excluding tert-OH is 3. The van der Waals surface area contributed by atoms with E-state index >= 15 is 0 Å². The zero-order valence-electron chi connectivity index (χ0n) is 9.66. The number of aldehydes is 1. The Balaban J connectivity index is 4.64. The molecule has 0 saturated heterocycles. The van der Waals surface area contributed by atoms with Gasteiger partial charge in [0, 0.05) is 0 Å². The molecule has 0 radical (unpaired) electrons. The summed E-state index contributed by atoms with van der Waals surface area (Å²) in [4.78, 5) is 44.1. The Hall–Kier alpha value is -0.230. The smallest absolute Gasteiger partial charge is 0.388 e. The predicted molar refractivity (Wildman–Crippen MR) is 59.0 cm³/mol. The maximum atomic E-state index is 10.5. The third-order valence-electron chi connectivity index (χ3n) is 1.89. The van der Waals surface area contributed by atoms with Crippen LogP contribution in [0.2, 0.25) is 0 Å². The Kier molecular flexibility index (Phi) is 7.60. The van der Waals surface area contributed by atoms with Crippen molar-refractivity contribution in [3.05, 3.63) is 0 Å². The lowest BCUT2D eigenvalue weighted by Crippen LogP contribution is -2.47. The lowest BCUT2D eigenvalue weighted by molar-refractivity contribution is -0.134. The van der Waals surface area contributed by atoms with E-state index in [1.165, 1.54) is 0 Å². The third kappa shape index (κ3) is 8.15. The number of phosphoric ester groups is 2. The van der Waals surface area contributed by atoms with E-state index in [1.54, 1.807) is 0 Å². The molecule has 4 unspecified atom stereocenters. The van der Waals surface area contributed by atoms with Gasteiger partial charge in [-0.25, -0.2) is 9.13 Å². The van der Waals surface area contributed by atoms with Crippen LogP contribution in [0.4, 0.5) is 0 Å². The molecule has 7 N–H and O–H groups in total. The molecule has 0 rings (SSSR count). The highest BCUT2D eigenvalue weighted by Gasteiger charge is 2.36. The highest BCUT2D eigenvalue weighted by atomic mass is 31.2. The van der Waals surface area contributed by atoms with Gasteiger partial charge in [0.05, 0.1) is 6.61 Å². The van der Waals surface area contributed by atoms with Crippen molar-refractivity contribution in [2.24, 2.45) is 0 Å². The zero-order chi connectivity index (χ0) is 16.1. The van der Waals surface area contributed by atoms with Crippen LogP contribution in [0.1, 0.15) is 0 Å². The van der Waals surface area contributed by atoms with E-state index in [9.17, 15) is 29.2 Å². The van der Waals surface area contributed by atoms with Gasteiger partial charge in [-0.15, -0.1) is 0 Å². The van der Waals surface area contributed by atoms with Gasteiger partial charge in [-0.1, -0.05) is 0 Å². The molecule has 12 nitrogen and oxygen atoms in total. The van der Waals surface area contributed by atoms with Crippen LogP contribution < -0.4 is 0 Å². The molecule has 0 aliphatic rings. The molecule has 0 aromatic heterocycles. The van der Waals surface area contributed by atoms with Crippen molar-refractivity contribution in [1.29, 1.82) is 0 Å². The fourth-order valence-corrected chi connectivity index (χ4v) is 1.86. The van der Waals surface area contributed by atoms with E-state index < -0.39 is 46.7 Å². The van der Waals surface area contributed by atoms with Crippen molar-refractivity contribution in [2.45, 2.75) is 24.4 Å². The summed E-state index contributed by atoms with van der Waals surface area (Å²) in [6.45, 7) is -1.11. The second kappa shape index (κ2) is 7.69. The Morgan fingerprint density at radius 3 is 1.80 bits per heavy atom. The zero-order valence-corrected chi connectivity index (χ0v) is 11.4. The molecule has 4 atom stereocenters. The maximum Gasteiger partial charge on any atom is 0.470 e. The van der Waals surface area contributed by atoms with Gasteiger partial charge in [0.1, 0.15) is 18.3 Å². The van der Waals surface area contributed by atoms with Gasteiger partial charge < -0.3 is 39.7 Å². The van der Waals surface area contributed by atoms with Crippen LogP contribution in [-0.4, -0.2) is 72.2 Å². The first-order valence-corrected chi connectivity index (χ1v) is 7.87. The Bertz CT molecular complexity index is 399. The summed E-state index contributed by atoms with van der Waals surface area (Å²) < 4.78 is 28.5. The van der Waals surface area contributed by atoms with Gasteiger partial charge in [0.2, 0.25) is 0 Å². The van der Waals surface area contributed by atoms with Gasteiger partial charge in [0.25, 0.3) is 0 Å². The van der Waals surface area contributed by atoms with Gasteiger partial charge in [-0.05, 0) is 0 Å². The normalized spacial score (nSPS) is 19.1. The maximum absolute atomic E-state index is 10.5. The van der Waals surface area contributed by atoms with Crippen molar-refractivity contribution in [3.8, 4) is 0 Å². The molecule has 0 aliphatic carbocycles. The van der Waals surface area contributed by atoms with Crippen LogP contribution in [0.15, 0.2) is 0 Å². The summed E-state index contributed by atoms with van der Waals surface area (Å²) in [6.07, 6.45) is -8.95. The van der Waals surface area contributed by atoms with Gasteiger partial charge in [-0.2, -0.15) is 0 Å². The van der Waals surface area contributed by atoms with Crippen molar-refractivity contribution in [1.82, 2.24) is 0 Å². The Labute approximate surface area is 112 Å². The second-order valence-corrected chi connectivity index (χ2v) is 5.96. The SMILES string of the molecule is O=CC(OP(=O)(O)O)C(O)C(O)C(O)COP(=O)(O)O. The monoisotopic (exact) mass is 340 g/mol. The Morgan fingerprint density at radius 1 is 0.950 bits per heavy atom. The van der Waals surface area contributed by atoms with Gasteiger partial charge in [-0.3, -0.25) is 9.05 Å². The average Bonchev–Trinajstić information content (AvgIpc) is 2.29. The molecule has 120 valence electrons. The summed E-state index contributed by atoms with van der Waals surface area (Å²) in [5, 5.41) is 28.0. The molecule has 14 heteroatoms. The third-order valence-corrected chi connectivity index (χ3v) is 2.89. The van der Waals surface area contributed by atoms with E-state index in [4.69, 9.17) is 19.6 Å². The molecule has 20 heavy (non-hydrogen) atoms. The van der Waals surface area contributed by atoms with Crippen LogP contribution in [0, 0.1) is 0 Å². The highest BCUT2D eigenvalue weighted by molar-refractivity contribution is 7.46. The molecule has 0 aromatic carbocycles. The first kappa shape index (κ1) is 19.8. The van der Waals surface area contributed by atoms with Crippen molar-refractivity contribution >= 4 is 21.9 Å². The summed E-state index contributed by atoms with van der Waals surface area (Å²) in [6, 6.07) is 0. The lowest BCUT2D eigenvalue weighted by Gasteiger charge is -2.26. The molecule has 0 heterocycles. The molecule has 0 amide bonds. The molecular formula is C6H14O12P2. The molecule has 0 bridgehead atoms. The highest BCUT2D eigenvalue weighted by Crippen LogP contribution is 2.38. The van der Waals surface area contributed by atoms with Crippen molar-refractivity contribution in [3.63, 3.8) is 0 Å². The standard InChI is InChI=1S/C6H14O12P2/c7-1-4(18-20(14,15)16)6(10)5(9)3(8)2-17-19(11,12)13/h1,3-6,8-10H,2H2,(H2,11,12,13)(H2,14,15,16). The molecule has 0 spiro atoms. The first-order valence-electron chi connectivity index (χ1n) is 4.81. The quantitative estimate of drug-likeness (QED) is 0.164. The number of carbonyl (C=O) groups excluding carboxylic acids is 1. The Morgan fingerprint density at radius 2 is 1.45 bits per heavy atom. The summed E-state index contributed by atoms with van der Waals surface area (Å²) in [5.41, 5.74) is 0. The fourth-order valence-electron chi connectivity index (χ4n) is 1.02. The van der Waals surface area contributed by atoms with Gasteiger partial charge in [0.15, 0.2) is 12.4 Å². The van der Waals surface area contributed by atoms with E-state index in [2.05, 4.69) is 9.05 Å². The van der Waals surface area contributed by atoms with Crippen molar-refractivity contribution < 1.29 is 57.9 Å². The minimum Gasteiger partial charge on any atom is -0.388 e. The molecular weight excluding hydrogens is 326 g/mol. The summed E-state index contributed by atoms with van der Waals surface area (Å²) in [5.74, 6) is 0. The number of hydrogen-bond donors (Lipinski definition) is 7. The van der Waals surface area contributed by atoms with Crippen LogP contribution in [-0.2, 0) is 23.0 Å². The number of hydrogen-bond acceptors (Lipinski definition) is 8. The van der Waals surface area contributed by atoms with Gasteiger partial charge >= 0.3 is 15.6 Å².